The van der Waals surface area contributed by atoms with E-state index in [4.69, 9.17) is 14.5 Å². The summed E-state index contributed by atoms with van der Waals surface area (Å²) in [6.07, 6.45) is 12.0. The van der Waals surface area contributed by atoms with E-state index in [-0.39, 0.29) is 73.8 Å². The molecule has 18 nitrogen and oxygen atoms in total. The van der Waals surface area contributed by atoms with E-state index in [0.717, 1.165) is 116 Å². The van der Waals surface area contributed by atoms with Gasteiger partial charge in [-0.15, -0.1) is 0 Å². The van der Waals surface area contributed by atoms with Gasteiger partial charge >= 0.3 is 5.97 Å². The number of aryl methyl sites for hydroxylation is 1. The quantitative estimate of drug-likeness (QED) is 0.106. The second-order valence-corrected chi connectivity index (χ2v) is 23.7. The van der Waals surface area contributed by atoms with Crippen molar-refractivity contribution in [2.24, 2.45) is 22.2 Å². The molecule has 2 saturated heterocycles. The second kappa shape index (κ2) is 22.4. The van der Waals surface area contributed by atoms with Gasteiger partial charge in [0.05, 0.1) is 37.2 Å². The minimum Gasteiger partial charge on any atom is -0.508 e. The predicted octanol–water partition coefficient (Wildman–Crippen LogP) is 4.52. The maximum absolute atomic E-state index is 15.0. The number of aromatic nitrogens is 1. The molecule has 4 fully saturated rings. The number of ether oxygens (including phenoxy) is 2. The Morgan fingerprint density at radius 2 is 1.75 bits per heavy atom. The van der Waals surface area contributed by atoms with E-state index in [2.05, 4.69) is 82.7 Å². The standard InChI is InChI=1S/C59H80N10O8/c1-9-68-48-19-18-39-29-43(48)45(54(68)44-30-41(32-60-50(44)35(2)76-8)67-23-21-64(5)22-24-67)31-59(3,4)34-77-58(75)46-15-12-20-69(63-46)56(73)47(27-36-25-40(39)28-42(70)26-36)61-55(72)53(38-13-10-11-14-38)66(7)49(71)33-65(6)57(74)52-51(62-52)37-16-17-37/h12,15,18-19,25-26,28-29,32,35,37-38,41,46-47,51-53,62-63,70H,9-11,13-14,16-17,20-24,27,30-31,33-34H2,1-8H3,(H,61,72)/t35-,41+,46-,47-,51+,52+,53?/m0/s1. The van der Waals surface area contributed by atoms with Crippen LogP contribution in [-0.4, -0.2) is 187 Å². The van der Waals surface area contributed by atoms with Crippen LogP contribution in [0.1, 0.15) is 89.5 Å². The van der Waals surface area contributed by atoms with E-state index >= 15 is 0 Å². The molecule has 77 heavy (non-hydrogen) atoms. The van der Waals surface area contributed by atoms with Gasteiger partial charge in [-0.05, 0) is 118 Å². The zero-order valence-electron chi connectivity index (χ0n) is 46.3. The van der Waals surface area contributed by atoms with Gasteiger partial charge in [0.2, 0.25) is 17.7 Å². The summed E-state index contributed by atoms with van der Waals surface area (Å²) in [6, 6.07) is 8.54. The highest BCUT2D eigenvalue weighted by Crippen LogP contribution is 2.43. The SMILES string of the molecule is CCn1c(C2=C([C@H](C)OC)N=C[C@H](N3CCN(C)CC3)C2)c2c3cc(ccc31)-c1cc(O)cc(c1)C[C@H](NC(=O)C(C1CCCC1)N(C)C(=O)CN(C)C(=O)[C@@H]1N[C@@H]1C1CC1)C(=O)N1CC=C[C@H](N1)C(=O)OCC(C)(C)C2. The van der Waals surface area contributed by atoms with E-state index in [0.29, 0.717) is 24.4 Å². The first-order valence-corrected chi connectivity index (χ1v) is 28.1. The van der Waals surface area contributed by atoms with Crippen LogP contribution in [0.15, 0.2) is 59.2 Å². The van der Waals surface area contributed by atoms with Crippen molar-refractivity contribution in [3.63, 3.8) is 0 Å². The fourth-order valence-corrected chi connectivity index (χ4v) is 12.7. The Bertz CT molecular complexity index is 2860. The molecule has 7 aliphatic rings. The van der Waals surface area contributed by atoms with E-state index in [9.17, 15) is 29.1 Å². The Morgan fingerprint density at radius 3 is 2.47 bits per heavy atom. The van der Waals surface area contributed by atoms with Crippen molar-refractivity contribution in [3.8, 4) is 16.9 Å². The molecule has 3 aromatic rings. The average molecular weight is 1060 g/mol. The fourth-order valence-electron chi connectivity index (χ4n) is 12.7. The van der Waals surface area contributed by atoms with Gasteiger partial charge in [0.25, 0.3) is 5.91 Å². The van der Waals surface area contributed by atoms with Crippen LogP contribution in [0.2, 0.25) is 0 Å². The van der Waals surface area contributed by atoms with Crippen LogP contribution in [0.5, 0.6) is 5.75 Å². The zero-order valence-corrected chi connectivity index (χ0v) is 46.3. The predicted molar refractivity (Wildman–Crippen MR) is 296 cm³/mol. The van der Waals surface area contributed by atoms with Gasteiger partial charge in [-0.1, -0.05) is 51.0 Å². The highest BCUT2D eigenvalue weighted by molar-refractivity contribution is 5.97. The average Bonchev–Trinajstić information content (AvgIpc) is 4.38. The summed E-state index contributed by atoms with van der Waals surface area (Å²) < 4.78 is 14.6. The molecule has 1 unspecified atom stereocenters. The van der Waals surface area contributed by atoms with E-state index in [1.165, 1.54) is 14.8 Å². The first kappa shape index (κ1) is 54.4. The fraction of sp³-hybridized carbons (Fsp3) is 0.593. The molecule has 18 heteroatoms. The Hall–Kier alpha value is -5.92. The van der Waals surface area contributed by atoms with Crippen molar-refractivity contribution in [1.82, 2.24) is 45.2 Å². The number of aliphatic imine (C=N–C) groups is 1. The number of esters is 1. The third kappa shape index (κ3) is 11.6. The van der Waals surface area contributed by atoms with E-state index in [1.807, 2.05) is 13.0 Å². The van der Waals surface area contributed by atoms with Crippen LogP contribution in [0.3, 0.4) is 0 Å². The summed E-state index contributed by atoms with van der Waals surface area (Å²) in [7, 11) is 7.12. The van der Waals surface area contributed by atoms with Gasteiger partial charge in [0.15, 0.2) is 0 Å². The van der Waals surface area contributed by atoms with Gasteiger partial charge in [-0.25, -0.2) is 10.2 Å². The van der Waals surface area contributed by atoms with Gasteiger partial charge in [-0.3, -0.25) is 39.4 Å². The molecule has 6 bridgehead atoms. The highest BCUT2D eigenvalue weighted by Gasteiger charge is 2.52. The Kier molecular flexibility index (Phi) is 15.9. The molecule has 6 heterocycles. The summed E-state index contributed by atoms with van der Waals surface area (Å²) in [4.78, 5) is 84.6. The number of rotatable bonds is 13. The number of piperazine rings is 1. The van der Waals surface area contributed by atoms with Crippen molar-refractivity contribution in [2.45, 2.75) is 134 Å². The largest absolute Gasteiger partial charge is 0.508 e. The molecule has 0 radical (unpaired) electrons. The topological polar surface area (TPSA) is 204 Å². The first-order valence-electron chi connectivity index (χ1n) is 28.1. The van der Waals surface area contributed by atoms with Gasteiger partial charge in [-0.2, -0.15) is 0 Å². The minimum absolute atomic E-state index is 0.00409. The number of amides is 4. The summed E-state index contributed by atoms with van der Waals surface area (Å²) in [6.45, 7) is 12.9. The minimum atomic E-state index is -1.19. The molecule has 4 amide bonds. The number of benzene rings is 2. The number of hydrogen-bond donors (Lipinski definition) is 4. The number of aromatic hydroxyl groups is 1. The lowest BCUT2D eigenvalue weighted by molar-refractivity contribution is -0.152. The number of nitrogens with one attached hydrogen (secondary N) is 3. The van der Waals surface area contributed by atoms with Crippen LogP contribution in [0.25, 0.3) is 27.6 Å². The Morgan fingerprint density at radius 1 is 1.00 bits per heavy atom. The number of hydrazine groups is 1. The van der Waals surface area contributed by atoms with Gasteiger partial charge in [0, 0.05) is 101 Å². The maximum atomic E-state index is 15.0. The number of hydrogen-bond acceptors (Lipinski definition) is 13. The number of nitrogens with zero attached hydrogens (tertiary/aromatic N) is 7. The molecule has 1 aromatic heterocycles. The van der Waals surface area contributed by atoms with E-state index < -0.39 is 41.3 Å². The molecule has 2 saturated carbocycles. The molecular weight excluding hydrogens is 977 g/mol. The normalized spacial score (nSPS) is 26.1. The van der Waals surface area contributed by atoms with Crippen molar-refractivity contribution < 1.29 is 38.6 Å². The van der Waals surface area contributed by atoms with Crippen molar-refractivity contribution >= 4 is 52.3 Å². The molecule has 4 N–H and O–H groups in total. The van der Waals surface area contributed by atoms with Gasteiger partial charge in [0.1, 0.15) is 29.9 Å². The number of carbonyl (C=O) groups excluding carboxylic acids is 5. The number of methoxy groups -OCH3 is 1. The Labute approximate surface area is 453 Å². The molecular formula is C59H80N10O8. The van der Waals surface area contributed by atoms with Crippen LogP contribution < -0.4 is 16.1 Å². The van der Waals surface area contributed by atoms with Crippen LogP contribution >= 0.6 is 0 Å². The summed E-state index contributed by atoms with van der Waals surface area (Å²) in [5, 5.41) is 20.3. The second-order valence-electron chi connectivity index (χ2n) is 23.7. The lowest BCUT2D eigenvalue weighted by atomic mass is 9.83. The molecule has 0 spiro atoms. The molecule has 5 aliphatic heterocycles. The monoisotopic (exact) mass is 1060 g/mol. The number of cyclic esters (lactones) is 1. The number of fused-ring (bicyclic) bond motifs is 6. The first-order chi connectivity index (χ1) is 36.9. The van der Waals surface area contributed by atoms with Crippen molar-refractivity contribution in [1.29, 1.82) is 0 Å². The zero-order chi connectivity index (χ0) is 54.4. The molecule has 414 valence electrons. The van der Waals surface area contributed by atoms with Crippen molar-refractivity contribution in [2.75, 3.05) is 74.1 Å². The molecule has 7 atom stereocenters. The molecule has 10 rings (SSSR count). The van der Waals surface area contributed by atoms with Crippen LogP contribution in [0, 0.1) is 17.3 Å². The van der Waals surface area contributed by atoms with Crippen molar-refractivity contribution in [3.05, 3.63) is 71.1 Å². The highest BCUT2D eigenvalue weighted by atomic mass is 16.5. The number of likely N-dealkylation sites (N-methyl/N-ethyl adjacent to an activating group) is 3. The third-order valence-electron chi connectivity index (χ3n) is 17.4. The maximum Gasteiger partial charge on any atom is 0.328 e. The lowest BCUT2D eigenvalue weighted by Gasteiger charge is -2.38. The third-order valence-corrected chi connectivity index (χ3v) is 17.4. The van der Waals surface area contributed by atoms with Crippen LogP contribution in [0.4, 0.5) is 0 Å². The lowest BCUT2D eigenvalue weighted by Crippen LogP contribution is -2.61. The van der Waals surface area contributed by atoms with Crippen LogP contribution in [-0.2, 0) is 52.8 Å². The summed E-state index contributed by atoms with van der Waals surface area (Å²) in [5.41, 5.74) is 9.95. The summed E-state index contributed by atoms with van der Waals surface area (Å²) in [5.74, 6) is -1.71. The molecule has 2 aromatic carbocycles. The summed E-state index contributed by atoms with van der Waals surface area (Å²) >= 11 is 0. The smallest absolute Gasteiger partial charge is 0.328 e. The Balaban J connectivity index is 1.02. The van der Waals surface area contributed by atoms with E-state index in [1.54, 1.807) is 45.5 Å². The number of phenols is 1. The number of phenolic OH excluding ortho intramolecular Hbond substituents is 1. The molecule has 2 aliphatic carbocycles. The number of carbonyl (C=O) groups is 5. The van der Waals surface area contributed by atoms with Gasteiger partial charge < -0.3 is 39.2 Å².